The highest BCUT2D eigenvalue weighted by Gasteiger charge is 2.04. The van der Waals surface area contributed by atoms with Crippen molar-refractivity contribution in [3.8, 4) is 0 Å². The second-order valence-corrected chi connectivity index (χ2v) is 2.69. The Hall–Kier alpha value is -0.780. The average Bonchev–Trinajstić information content (AvgIpc) is 2.05. The maximum atomic E-state index is 2.26. The Morgan fingerprint density at radius 2 is 2.30 bits per heavy atom. The van der Waals surface area contributed by atoms with E-state index >= 15 is 0 Å². The minimum atomic E-state index is 0.662. The normalized spacial score (nSPS) is 25.4. The van der Waals surface area contributed by atoms with Crippen LogP contribution in [0.5, 0.6) is 0 Å². The van der Waals surface area contributed by atoms with Gasteiger partial charge in [-0.05, 0) is 20.3 Å². The zero-order valence-corrected chi connectivity index (χ0v) is 6.67. The van der Waals surface area contributed by atoms with Gasteiger partial charge in [0, 0.05) is 5.92 Å². The average molecular weight is 134 g/mol. The molecule has 0 amide bonds. The lowest BCUT2D eigenvalue weighted by Crippen LogP contribution is -1.98. The Morgan fingerprint density at radius 1 is 1.50 bits per heavy atom. The van der Waals surface area contributed by atoms with Gasteiger partial charge in [-0.1, -0.05) is 36.0 Å². The summed E-state index contributed by atoms with van der Waals surface area (Å²) in [4.78, 5) is 0. The summed E-state index contributed by atoms with van der Waals surface area (Å²) in [6, 6.07) is 0. The predicted molar refractivity (Wildman–Crippen MR) is 45.8 cm³/mol. The topological polar surface area (TPSA) is 0 Å². The molecule has 54 valence electrons. The first-order valence-electron chi connectivity index (χ1n) is 3.80. The third-order valence-electron chi connectivity index (χ3n) is 2.02. The Balaban J connectivity index is 2.59. The Morgan fingerprint density at radius 3 is 2.80 bits per heavy atom. The van der Waals surface area contributed by atoms with Gasteiger partial charge in [0.2, 0.25) is 0 Å². The van der Waals surface area contributed by atoms with E-state index in [1.807, 2.05) is 0 Å². The van der Waals surface area contributed by atoms with E-state index in [0.717, 1.165) is 0 Å². The molecule has 0 saturated heterocycles. The lowest BCUT2D eigenvalue weighted by Gasteiger charge is -2.12. The van der Waals surface area contributed by atoms with Gasteiger partial charge in [0.05, 0.1) is 0 Å². The van der Waals surface area contributed by atoms with Crippen LogP contribution >= 0.6 is 0 Å². The maximum Gasteiger partial charge on any atom is 0.00116 e. The molecule has 1 aliphatic rings. The molecule has 0 radical (unpaired) electrons. The first-order chi connectivity index (χ1) is 4.84. The molecule has 1 unspecified atom stereocenters. The van der Waals surface area contributed by atoms with Gasteiger partial charge >= 0.3 is 0 Å². The fourth-order valence-corrected chi connectivity index (χ4v) is 1.13. The molecule has 10 heavy (non-hydrogen) atoms. The van der Waals surface area contributed by atoms with Crippen molar-refractivity contribution in [2.75, 3.05) is 0 Å². The van der Waals surface area contributed by atoms with E-state index in [9.17, 15) is 0 Å². The lowest BCUT2D eigenvalue weighted by molar-refractivity contribution is 0.765. The monoisotopic (exact) mass is 134 g/mol. The molecule has 0 fully saturated rings. The van der Waals surface area contributed by atoms with E-state index in [4.69, 9.17) is 0 Å². The second-order valence-electron chi connectivity index (χ2n) is 2.69. The van der Waals surface area contributed by atoms with Crippen LogP contribution in [0.4, 0.5) is 0 Å². The molecule has 0 heterocycles. The fourth-order valence-electron chi connectivity index (χ4n) is 1.13. The van der Waals surface area contributed by atoms with Crippen LogP contribution in [-0.4, -0.2) is 0 Å². The van der Waals surface area contributed by atoms with Gasteiger partial charge < -0.3 is 0 Å². The van der Waals surface area contributed by atoms with Crippen LogP contribution in [0.1, 0.15) is 20.3 Å². The van der Waals surface area contributed by atoms with Crippen LogP contribution in [0.2, 0.25) is 0 Å². The smallest absolute Gasteiger partial charge is 0.00116 e. The van der Waals surface area contributed by atoms with Crippen molar-refractivity contribution in [2.45, 2.75) is 20.3 Å². The molecule has 0 aliphatic heterocycles. The summed E-state index contributed by atoms with van der Waals surface area (Å²) in [5.41, 5.74) is 1.47. The molecule has 0 heteroatoms. The van der Waals surface area contributed by atoms with Gasteiger partial charge in [-0.15, -0.1) is 0 Å². The van der Waals surface area contributed by atoms with E-state index in [-0.39, 0.29) is 0 Å². The molecule has 1 rings (SSSR count). The molecule has 1 aliphatic carbocycles. The molecule has 0 N–H and O–H groups in total. The van der Waals surface area contributed by atoms with Crippen molar-refractivity contribution < 1.29 is 0 Å². The van der Waals surface area contributed by atoms with E-state index < -0.39 is 0 Å². The third kappa shape index (κ3) is 1.60. The van der Waals surface area contributed by atoms with Gasteiger partial charge in [0.25, 0.3) is 0 Å². The highest BCUT2D eigenvalue weighted by molar-refractivity contribution is 5.19. The van der Waals surface area contributed by atoms with Crippen molar-refractivity contribution in [3.63, 3.8) is 0 Å². The van der Waals surface area contributed by atoms with Gasteiger partial charge in [0.1, 0.15) is 0 Å². The van der Waals surface area contributed by atoms with Crippen molar-refractivity contribution in [1.29, 1.82) is 0 Å². The Kier molecular flexibility index (Phi) is 2.49. The van der Waals surface area contributed by atoms with Gasteiger partial charge in [-0.2, -0.15) is 0 Å². The van der Waals surface area contributed by atoms with Crippen molar-refractivity contribution in [3.05, 3.63) is 36.0 Å². The van der Waals surface area contributed by atoms with Crippen molar-refractivity contribution in [1.82, 2.24) is 0 Å². The SMILES string of the molecule is CC=C(C)C1C=CC=CC1. The zero-order valence-electron chi connectivity index (χ0n) is 6.67. The van der Waals surface area contributed by atoms with Crippen LogP contribution in [0, 0.1) is 5.92 Å². The largest absolute Gasteiger partial charge is 0.0881 e. The van der Waals surface area contributed by atoms with E-state index in [1.165, 1.54) is 12.0 Å². The molecule has 0 nitrogen and oxygen atoms in total. The fraction of sp³-hybridized carbons (Fsp3) is 0.400. The maximum absolute atomic E-state index is 2.26. The van der Waals surface area contributed by atoms with Gasteiger partial charge in [-0.25, -0.2) is 0 Å². The summed E-state index contributed by atoms with van der Waals surface area (Å²) in [5, 5.41) is 0. The standard InChI is InChI=1S/C10H14/c1-3-9(2)10-7-5-4-6-8-10/h3-7,10H,8H2,1-2H3. The Bertz CT molecular complexity index is 182. The van der Waals surface area contributed by atoms with Crippen LogP contribution in [0.15, 0.2) is 36.0 Å². The lowest BCUT2D eigenvalue weighted by atomic mass is 9.93. The number of rotatable bonds is 1. The predicted octanol–water partition coefficient (Wildman–Crippen LogP) is 3.08. The third-order valence-corrected chi connectivity index (χ3v) is 2.02. The summed E-state index contributed by atoms with van der Waals surface area (Å²) >= 11 is 0. The molecule has 0 saturated carbocycles. The second kappa shape index (κ2) is 3.40. The van der Waals surface area contributed by atoms with Crippen molar-refractivity contribution >= 4 is 0 Å². The van der Waals surface area contributed by atoms with E-state index in [0.29, 0.717) is 5.92 Å². The highest BCUT2D eigenvalue weighted by atomic mass is 14.1. The molecule has 0 aromatic heterocycles. The molecule has 1 atom stereocenters. The van der Waals surface area contributed by atoms with Gasteiger partial charge in [0.15, 0.2) is 0 Å². The van der Waals surface area contributed by atoms with Crippen LogP contribution in [0.25, 0.3) is 0 Å². The summed E-state index contributed by atoms with van der Waals surface area (Å²) in [5.74, 6) is 0.662. The summed E-state index contributed by atoms with van der Waals surface area (Å²) < 4.78 is 0. The minimum Gasteiger partial charge on any atom is -0.0881 e. The minimum absolute atomic E-state index is 0.662. The molecule has 0 aromatic carbocycles. The van der Waals surface area contributed by atoms with Crippen LogP contribution in [-0.2, 0) is 0 Å². The molecular weight excluding hydrogens is 120 g/mol. The summed E-state index contributed by atoms with van der Waals surface area (Å²) in [7, 11) is 0. The first kappa shape index (κ1) is 7.33. The van der Waals surface area contributed by atoms with E-state index in [1.54, 1.807) is 0 Å². The Labute approximate surface area is 62.9 Å². The van der Waals surface area contributed by atoms with E-state index in [2.05, 4.69) is 44.2 Å². The van der Waals surface area contributed by atoms with Crippen molar-refractivity contribution in [2.24, 2.45) is 5.92 Å². The summed E-state index contributed by atoms with van der Waals surface area (Å²) in [6.07, 6.45) is 12.1. The first-order valence-corrected chi connectivity index (χ1v) is 3.80. The molecule has 0 bridgehead atoms. The van der Waals surface area contributed by atoms with Gasteiger partial charge in [-0.3, -0.25) is 0 Å². The number of hydrogen-bond acceptors (Lipinski definition) is 0. The molecule has 0 aromatic rings. The number of allylic oxidation sites excluding steroid dienone is 6. The summed E-state index contributed by atoms with van der Waals surface area (Å²) in [6.45, 7) is 4.29. The zero-order chi connectivity index (χ0) is 7.40. The van der Waals surface area contributed by atoms with Crippen LogP contribution < -0.4 is 0 Å². The van der Waals surface area contributed by atoms with Crippen LogP contribution in [0.3, 0.4) is 0 Å². The number of hydrogen-bond donors (Lipinski definition) is 0. The quantitative estimate of drug-likeness (QED) is 0.483. The highest BCUT2D eigenvalue weighted by Crippen LogP contribution is 2.19. The molecular formula is C10H14. The molecule has 0 spiro atoms.